The van der Waals surface area contributed by atoms with Crippen LogP contribution in [0.3, 0.4) is 0 Å². The Morgan fingerprint density at radius 1 is 1.05 bits per heavy atom. The monoisotopic (exact) mass is 523 g/mol. The zero-order chi connectivity index (χ0) is 27.9. The van der Waals surface area contributed by atoms with E-state index in [9.17, 15) is 9.59 Å². The van der Waals surface area contributed by atoms with Gasteiger partial charge in [-0.1, -0.05) is 12.1 Å². The highest BCUT2D eigenvalue weighted by molar-refractivity contribution is 5.78. The number of carbonyl (C=O) groups is 1. The van der Waals surface area contributed by atoms with Gasteiger partial charge in [0, 0.05) is 26.7 Å². The van der Waals surface area contributed by atoms with Gasteiger partial charge in [0.05, 0.1) is 29.2 Å². The number of nitrogens with zero attached hydrogens (tertiary/aromatic N) is 4. The molecule has 3 rings (SSSR count). The maximum absolute atomic E-state index is 13.8. The minimum absolute atomic E-state index is 0.144. The van der Waals surface area contributed by atoms with Crippen LogP contribution in [0.5, 0.6) is 5.75 Å². The van der Waals surface area contributed by atoms with E-state index in [4.69, 9.17) is 14.5 Å². The smallest absolute Gasteiger partial charge is 0.410 e. The van der Waals surface area contributed by atoms with Crippen LogP contribution in [0, 0.1) is 0 Å². The van der Waals surface area contributed by atoms with Crippen molar-refractivity contribution < 1.29 is 14.3 Å². The molecule has 9 nitrogen and oxygen atoms in total. The van der Waals surface area contributed by atoms with Gasteiger partial charge >= 0.3 is 6.09 Å². The number of likely N-dealkylation sites (N-methyl/N-ethyl adjacent to an activating group) is 1. The molecule has 1 heterocycles. The summed E-state index contributed by atoms with van der Waals surface area (Å²) in [5.74, 6) is 1.33. The average Bonchev–Trinajstić information content (AvgIpc) is 2.85. The number of fused-ring (bicyclic) bond motifs is 1. The van der Waals surface area contributed by atoms with E-state index in [-0.39, 0.29) is 17.7 Å². The van der Waals surface area contributed by atoms with Crippen LogP contribution < -0.4 is 15.6 Å². The predicted octanol–water partition coefficient (Wildman–Crippen LogP) is 4.23. The zero-order valence-electron chi connectivity index (χ0n) is 23.7. The molecule has 0 fully saturated rings. The molecule has 0 aliphatic rings. The number of carbonyl (C=O) groups excluding carboxylic acids is 1. The first kappa shape index (κ1) is 29.1. The molecule has 1 unspecified atom stereocenters. The Balaban J connectivity index is 2.04. The molecular formula is C29H41N5O4. The van der Waals surface area contributed by atoms with Crippen molar-refractivity contribution in [3.8, 4) is 11.4 Å². The van der Waals surface area contributed by atoms with Crippen LogP contribution in [0.1, 0.15) is 46.0 Å². The normalized spacial score (nSPS) is 12.5. The fraction of sp³-hybridized carbons (Fsp3) is 0.483. The second-order valence-corrected chi connectivity index (χ2v) is 10.6. The second-order valence-electron chi connectivity index (χ2n) is 10.6. The maximum atomic E-state index is 13.8. The standard InChI is InChI=1S/C29H41N5O4/c1-8-37-22-15-13-21(14-16-22)34-26(31-24-12-10-9-11-23(24)27(34)35)25(30-18-20-32(5)6)17-19-33(7)28(36)38-29(2,3)4/h9-16,25,30H,8,17-20H2,1-7H3. The number of benzene rings is 2. The van der Waals surface area contributed by atoms with Crippen molar-refractivity contribution >= 4 is 17.0 Å². The van der Waals surface area contributed by atoms with E-state index in [1.807, 2.05) is 84.3 Å². The molecule has 2 aromatic carbocycles. The average molecular weight is 524 g/mol. The second kappa shape index (κ2) is 12.9. The number of hydrogen-bond donors (Lipinski definition) is 1. The number of rotatable bonds is 11. The summed E-state index contributed by atoms with van der Waals surface area (Å²) in [5, 5.41) is 4.12. The van der Waals surface area contributed by atoms with Gasteiger partial charge in [-0.15, -0.1) is 0 Å². The van der Waals surface area contributed by atoms with Gasteiger partial charge in [0.2, 0.25) is 0 Å². The van der Waals surface area contributed by atoms with Crippen LogP contribution >= 0.6 is 0 Å². The number of hydrogen-bond acceptors (Lipinski definition) is 7. The van der Waals surface area contributed by atoms with Crippen molar-refractivity contribution in [1.29, 1.82) is 0 Å². The topological polar surface area (TPSA) is 88.9 Å². The van der Waals surface area contributed by atoms with E-state index < -0.39 is 5.60 Å². The molecule has 206 valence electrons. The SMILES string of the molecule is CCOc1ccc(-n2c(C(CCN(C)C(=O)OC(C)(C)C)NCCN(C)C)nc3ccccc3c2=O)cc1. The lowest BCUT2D eigenvalue weighted by atomic mass is 10.1. The fourth-order valence-corrected chi connectivity index (χ4v) is 4.03. The largest absolute Gasteiger partial charge is 0.494 e. The molecule has 1 aromatic heterocycles. The zero-order valence-corrected chi connectivity index (χ0v) is 23.7. The molecule has 38 heavy (non-hydrogen) atoms. The Hall–Kier alpha value is -3.43. The van der Waals surface area contributed by atoms with Crippen LogP contribution in [0.25, 0.3) is 16.6 Å². The van der Waals surface area contributed by atoms with Gasteiger partial charge in [-0.2, -0.15) is 0 Å². The Labute approximate surface area is 225 Å². The summed E-state index contributed by atoms with van der Waals surface area (Å²) in [5.41, 5.74) is 0.610. The summed E-state index contributed by atoms with van der Waals surface area (Å²) in [6, 6.07) is 14.5. The molecular weight excluding hydrogens is 482 g/mol. The summed E-state index contributed by atoms with van der Waals surface area (Å²) in [7, 11) is 5.74. The molecule has 0 aliphatic carbocycles. The molecule has 3 aromatic rings. The van der Waals surface area contributed by atoms with Gasteiger partial charge < -0.3 is 24.6 Å². The van der Waals surface area contributed by atoms with Crippen molar-refractivity contribution in [2.45, 2.75) is 45.8 Å². The third-order valence-electron chi connectivity index (χ3n) is 5.93. The van der Waals surface area contributed by atoms with Gasteiger partial charge in [-0.3, -0.25) is 9.36 Å². The Morgan fingerprint density at radius 2 is 1.74 bits per heavy atom. The van der Waals surface area contributed by atoms with Crippen LogP contribution in [0.2, 0.25) is 0 Å². The van der Waals surface area contributed by atoms with Gasteiger partial charge in [0.25, 0.3) is 5.56 Å². The first-order chi connectivity index (χ1) is 18.0. The van der Waals surface area contributed by atoms with Crippen LogP contribution in [0.15, 0.2) is 53.3 Å². The lowest BCUT2D eigenvalue weighted by Gasteiger charge is -2.27. The van der Waals surface area contributed by atoms with Gasteiger partial charge in [0.1, 0.15) is 17.2 Å². The van der Waals surface area contributed by atoms with Crippen LogP contribution in [-0.2, 0) is 4.74 Å². The molecule has 0 saturated carbocycles. The Morgan fingerprint density at radius 3 is 2.37 bits per heavy atom. The highest BCUT2D eigenvalue weighted by atomic mass is 16.6. The summed E-state index contributed by atoms with van der Waals surface area (Å²) in [6.07, 6.45) is 0.144. The van der Waals surface area contributed by atoms with Gasteiger partial charge in [-0.25, -0.2) is 9.78 Å². The predicted molar refractivity (Wildman–Crippen MR) is 151 cm³/mol. The summed E-state index contributed by atoms with van der Waals surface area (Å²) in [6.45, 7) is 9.93. The number of ether oxygens (including phenoxy) is 2. The van der Waals surface area contributed by atoms with Gasteiger partial charge in [0.15, 0.2) is 0 Å². The lowest BCUT2D eigenvalue weighted by molar-refractivity contribution is 0.0292. The first-order valence-electron chi connectivity index (χ1n) is 13.1. The quantitative estimate of drug-likeness (QED) is 0.402. The third kappa shape index (κ3) is 7.79. The Kier molecular flexibility index (Phi) is 9.88. The number of amides is 1. The molecule has 1 amide bonds. The lowest BCUT2D eigenvalue weighted by Crippen LogP contribution is -2.38. The molecule has 0 aliphatic heterocycles. The summed E-state index contributed by atoms with van der Waals surface area (Å²) in [4.78, 5) is 35.1. The highest BCUT2D eigenvalue weighted by Gasteiger charge is 2.24. The molecule has 0 spiro atoms. The van der Waals surface area contributed by atoms with Crippen molar-refractivity contribution in [3.05, 3.63) is 64.7 Å². The fourth-order valence-electron chi connectivity index (χ4n) is 4.03. The van der Waals surface area contributed by atoms with E-state index >= 15 is 0 Å². The van der Waals surface area contributed by atoms with E-state index in [1.165, 1.54) is 0 Å². The van der Waals surface area contributed by atoms with Crippen molar-refractivity contribution in [1.82, 2.24) is 24.7 Å². The highest BCUT2D eigenvalue weighted by Crippen LogP contribution is 2.23. The van der Waals surface area contributed by atoms with Gasteiger partial charge in [-0.05, 0) is 84.6 Å². The van der Waals surface area contributed by atoms with Crippen LogP contribution in [-0.4, -0.2) is 78.4 Å². The summed E-state index contributed by atoms with van der Waals surface area (Å²) < 4.78 is 12.8. The summed E-state index contributed by atoms with van der Waals surface area (Å²) >= 11 is 0. The number of aromatic nitrogens is 2. The van der Waals surface area contributed by atoms with Crippen molar-refractivity contribution in [2.24, 2.45) is 0 Å². The number of para-hydroxylation sites is 1. The minimum atomic E-state index is -0.581. The molecule has 0 radical (unpaired) electrons. The number of nitrogens with one attached hydrogen (secondary N) is 1. The van der Waals surface area contributed by atoms with E-state index in [0.29, 0.717) is 48.5 Å². The van der Waals surface area contributed by atoms with E-state index in [2.05, 4.69) is 10.2 Å². The Bertz CT molecular complexity index is 1260. The third-order valence-corrected chi connectivity index (χ3v) is 5.93. The van der Waals surface area contributed by atoms with Crippen molar-refractivity contribution in [3.63, 3.8) is 0 Å². The molecule has 0 bridgehead atoms. The maximum Gasteiger partial charge on any atom is 0.410 e. The first-order valence-corrected chi connectivity index (χ1v) is 13.1. The van der Waals surface area contributed by atoms with E-state index in [1.54, 1.807) is 22.6 Å². The minimum Gasteiger partial charge on any atom is -0.494 e. The van der Waals surface area contributed by atoms with Crippen LogP contribution in [0.4, 0.5) is 4.79 Å². The van der Waals surface area contributed by atoms with E-state index in [0.717, 1.165) is 12.3 Å². The van der Waals surface area contributed by atoms with Crippen molar-refractivity contribution in [2.75, 3.05) is 47.4 Å². The molecule has 1 atom stereocenters. The molecule has 0 saturated heterocycles. The molecule has 9 heteroatoms. The molecule has 1 N–H and O–H groups in total.